The van der Waals surface area contributed by atoms with Crippen LogP contribution in [0.15, 0.2) is 6.07 Å². The normalized spacial score (nSPS) is 12.2. The lowest BCUT2D eigenvalue weighted by molar-refractivity contribution is -0.120. The van der Waals surface area contributed by atoms with Crippen LogP contribution in [0.25, 0.3) is 5.95 Å². The zero-order valence-electron chi connectivity index (χ0n) is 15.1. The maximum Gasteiger partial charge on any atom is 0.251 e. The van der Waals surface area contributed by atoms with E-state index in [0.717, 1.165) is 34.8 Å². The Hall–Kier alpha value is -2.28. The number of rotatable bonds is 6. The second-order valence-corrected chi connectivity index (χ2v) is 6.30. The van der Waals surface area contributed by atoms with Crippen LogP contribution in [0.4, 0.5) is 0 Å². The fourth-order valence-corrected chi connectivity index (χ4v) is 2.59. The Balaban J connectivity index is 2.18. The van der Waals surface area contributed by atoms with Crippen molar-refractivity contribution in [2.45, 2.75) is 53.5 Å². The van der Waals surface area contributed by atoms with Gasteiger partial charge in [-0.1, -0.05) is 0 Å². The molecule has 0 radical (unpaired) electrons. The number of amides is 1. The highest BCUT2D eigenvalue weighted by Gasteiger charge is 2.17. The zero-order valence-corrected chi connectivity index (χ0v) is 15.1. The lowest BCUT2D eigenvalue weighted by Gasteiger charge is -2.08. The minimum atomic E-state index is -0.0252. The lowest BCUT2D eigenvalue weighted by Crippen LogP contribution is -2.30. The number of aromatic nitrogens is 4. The van der Waals surface area contributed by atoms with Gasteiger partial charge in [-0.2, -0.15) is 5.10 Å². The SMILES string of the molecule is Cc1cc(C)nc(-n2nc(C)c(CC(=O)NCCC(C)N)c2C)n1. The van der Waals surface area contributed by atoms with Gasteiger partial charge in [0.2, 0.25) is 5.91 Å². The summed E-state index contributed by atoms with van der Waals surface area (Å²) in [4.78, 5) is 21.0. The van der Waals surface area contributed by atoms with E-state index in [-0.39, 0.29) is 11.9 Å². The summed E-state index contributed by atoms with van der Waals surface area (Å²) in [6.45, 7) is 10.2. The molecule has 0 aliphatic heterocycles. The van der Waals surface area contributed by atoms with Crippen molar-refractivity contribution in [2.75, 3.05) is 6.54 Å². The molecule has 24 heavy (non-hydrogen) atoms. The summed E-state index contributed by atoms with van der Waals surface area (Å²) in [6, 6.07) is 2.00. The van der Waals surface area contributed by atoms with Crippen LogP contribution >= 0.6 is 0 Å². The van der Waals surface area contributed by atoms with Crippen molar-refractivity contribution in [3.05, 3.63) is 34.4 Å². The summed E-state index contributed by atoms with van der Waals surface area (Å²) >= 11 is 0. The van der Waals surface area contributed by atoms with Gasteiger partial charge >= 0.3 is 0 Å². The lowest BCUT2D eigenvalue weighted by atomic mass is 10.1. The van der Waals surface area contributed by atoms with Gasteiger partial charge in [0.25, 0.3) is 5.95 Å². The molecule has 2 heterocycles. The molecular weight excluding hydrogens is 304 g/mol. The van der Waals surface area contributed by atoms with Crippen molar-refractivity contribution in [3.8, 4) is 5.95 Å². The molecule has 7 heteroatoms. The third kappa shape index (κ3) is 4.38. The molecule has 0 bridgehead atoms. The maximum absolute atomic E-state index is 12.1. The summed E-state index contributed by atoms with van der Waals surface area (Å²) in [6.07, 6.45) is 1.06. The Kier molecular flexibility index (Phi) is 5.66. The van der Waals surface area contributed by atoms with Gasteiger partial charge in [0, 0.05) is 35.2 Å². The van der Waals surface area contributed by atoms with Crippen LogP contribution in [0, 0.1) is 27.7 Å². The molecule has 0 fully saturated rings. The van der Waals surface area contributed by atoms with E-state index in [1.165, 1.54) is 0 Å². The first kappa shape index (κ1) is 18.1. The molecule has 1 unspecified atom stereocenters. The zero-order chi connectivity index (χ0) is 17.9. The average molecular weight is 330 g/mol. The standard InChI is InChI=1S/C17H26N6O/c1-10(18)6-7-19-16(24)9-15-13(4)22-23(14(15)5)17-20-11(2)8-12(3)21-17/h8,10H,6-7,9,18H2,1-5H3,(H,19,24). The molecule has 0 aromatic carbocycles. The predicted molar refractivity (Wildman–Crippen MR) is 93.1 cm³/mol. The first-order valence-corrected chi connectivity index (χ1v) is 8.18. The number of carbonyl (C=O) groups excluding carboxylic acids is 1. The van der Waals surface area contributed by atoms with Crippen LogP contribution in [0.1, 0.15) is 41.7 Å². The van der Waals surface area contributed by atoms with Crippen LogP contribution in [0.2, 0.25) is 0 Å². The van der Waals surface area contributed by atoms with Gasteiger partial charge in [-0.25, -0.2) is 14.6 Å². The van der Waals surface area contributed by atoms with Crippen LogP contribution in [-0.2, 0) is 11.2 Å². The monoisotopic (exact) mass is 330 g/mol. The summed E-state index contributed by atoms with van der Waals surface area (Å²) in [5, 5.41) is 7.41. The Labute approximate surface area is 142 Å². The van der Waals surface area contributed by atoms with Crippen molar-refractivity contribution in [1.82, 2.24) is 25.1 Å². The molecule has 2 aromatic heterocycles. The molecule has 0 spiro atoms. The molecular formula is C17H26N6O. The molecule has 1 atom stereocenters. The molecule has 1 amide bonds. The van der Waals surface area contributed by atoms with Gasteiger partial charge in [0.05, 0.1) is 12.1 Å². The van der Waals surface area contributed by atoms with E-state index in [1.807, 2.05) is 40.7 Å². The van der Waals surface area contributed by atoms with Crippen molar-refractivity contribution < 1.29 is 4.79 Å². The fourth-order valence-electron chi connectivity index (χ4n) is 2.59. The second-order valence-electron chi connectivity index (χ2n) is 6.30. The number of aryl methyl sites for hydroxylation is 3. The van der Waals surface area contributed by atoms with E-state index >= 15 is 0 Å². The molecule has 7 nitrogen and oxygen atoms in total. The molecule has 3 N–H and O–H groups in total. The van der Waals surface area contributed by atoms with Crippen molar-refractivity contribution >= 4 is 5.91 Å². The van der Waals surface area contributed by atoms with Gasteiger partial charge in [0.15, 0.2) is 0 Å². The van der Waals surface area contributed by atoms with Crippen LogP contribution < -0.4 is 11.1 Å². The number of nitrogens with two attached hydrogens (primary N) is 1. The molecule has 0 aliphatic rings. The number of carbonyl (C=O) groups is 1. The van der Waals surface area contributed by atoms with Crippen LogP contribution in [-0.4, -0.2) is 38.2 Å². The maximum atomic E-state index is 12.1. The topological polar surface area (TPSA) is 98.7 Å². The molecule has 0 saturated carbocycles. The van der Waals surface area contributed by atoms with E-state index in [2.05, 4.69) is 20.4 Å². The smallest absolute Gasteiger partial charge is 0.251 e. The molecule has 0 saturated heterocycles. The van der Waals surface area contributed by atoms with Gasteiger partial charge in [-0.05, 0) is 47.1 Å². The van der Waals surface area contributed by atoms with E-state index < -0.39 is 0 Å². The van der Waals surface area contributed by atoms with Crippen LogP contribution in [0.3, 0.4) is 0 Å². The van der Waals surface area contributed by atoms with E-state index in [0.29, 0.717) is 18.9 Å². The Morgan fingerprint density at radius 3 is 2.46 bits per heavy atom. The van der Waals surface area contributed by atoms with Crippen molar-refractivity contribution in [3.63, 3.8) is 0 Å². The quantitative estimate of drug-likeness (QED) is 0.831. The Morgan fingerprint density at radius 1 is 1.25 bits per heavy atom. The fraction of sp³-hybridized carbons (Fsp3) is 0.529. The first-order chi connectivity index (χ1) is 11.3. The molecule has 2 rings (SSSR count). The van der Waals surface area contributed by atoms with E-state index in [4.69, 9.17) is 5.73 Å². The van der Waals surface area contributed by atoms with Crippen LogP contribution in [0.5, 0.6) is 0 Å². The first-order valence-electron chi connectivity index (χ1n) is 8.18. The van der Waals surface area contributed by atoms with Gasteiger partial charge < -0.3 is 11.1 Å². The number of hydrogen-bond acceptors (Lipinski definition) is 5. The van der Waals surface area contributed by atoms with Crippen molar-refractivity contribution in [1.29, 1.82) is 0 Å². The van der Waals surface area contributed by atoms with Gasteiger partial charge in [0.1, 0.15) is 0 Å². The Morgan fingerprint density at radius 2 is 1.88 bits per heavy atom. The Bertz CT molecular complexity index is 715. The second kappa shape index (κ2) is 7.53. The number of nitrogens with zero attached hydrogens (tertiary/aromatic N) is 4. The molecule has 2 aromatic rings. The highest BCUT2D eigenvalue weighted by atomic mass is 16.1. The minimum absolute atomic E-state index is 0.0252. The minimum Gasteiger partial charge on any atom is -0.356 e. The highest BCUT2D eigenvalue weighted by Crippen LogP contribution is 2.17. The highest BCUT2D eigenvalue weighted by molar-refractivity contribution is 5.79. The van der Waals surface area contributed by atoms with E-state index in [9.17, 15) is 4.79 Å². The van der Waals surface area contributed by atoms with Gasteiger partial charge in [-0.15, -0.1) is 0 Å². The van der Waals surface area contributed by atoms with Crippen molar-refractivity contribution in [2.24, 2.45) is 5.73 Å². The summed E-state index contributed by atoms with van der Waals surface area (Å²) in [5.41, 5.74) is 10.1. The molecule has 130 valence electrons. The third-order valence-corrected chi connectivity index (χ3v) is 3.86. The number of nitrogens with one attached hydrogen (secondary N) is 1. The summed E-state index contributed by atoms with van der Waals surface area (Å²) in [7, 11) is 0. The number of hydrogen-bond donors (Lipinski definition) is 2. The third-order valence-electron chi connectivity index (χ3n) is 3.86. The largest absolute Gasteiger partial charge is 0.356 e. The predicted octanol–water partition coefficient (Wildman–Crippen LogP) is 1.29. The van der Waals surface area contributed by atoms with Gasteiger partial charge in [-0.3, -0.25) is 4.79 Å². The molecule has 0 aliphatic carbocycles. The summed E-state index contributed by atoms with van der Waals surface area (Å²) in [5.74, 6) is 0.513. The average Bonchev–Trinajstić information content (AvgIpc) is 2.74. The summed E-state index contributed by atoms with van der Waals surface area (Å²) < 4.78 is 1.71. The van der Waals surface area contributed by atoms with E-state index in [1.54, 1.807) is 4.68 Å².